The van der Waals surface area contributed by atoms with Crippen molar-refractivity contribution in [1.82, 2.24) is 9.88 Å². The predicted molar refractivity (Wildman–Crippen MR) is 84.4 cm³/mol. The Morgan fingerprint density at radius 2 is 2.14 bits per heavy atom. The lowest BCUT2D eigenvalue weighted by Crippen LogP contribution is -2.49. The Kier molecular flexibility index (Phi) is 3.57. The van der Waals surface area contributed by atoms with Crippen LogP contribution < -0.4 is 9.80 Å². The molecule has 0 spiro atoms. The molecule has 5 nitrogen and oxygen atoms in total. The third kappa shape index (κ3) is 2.60. The van der Waals surface area contributed by atoms with E-state index >= 15 is 0 Å². The lowest BCUT2D eigenvalue weighted by atomic mass is 9.96. The predicted octanol–water partition coefficient (Wildman–Crippen LogP) is 1.72. The van der Waals surface area contributed by atoms with E-state index in [-0.39, 0.29) is 5.91 Å². The van der Waals surface area contributed by atoms with Crippen molar-refractivity contribution in [3.63, 3.8) is 0 Å². The van der Waals surface area contributed by atoms with Crippen LogP contribution in [0, 0.1) is 5.92 Å². The molecular weight excluding hydrogens is 264 g/mol. The molecule has 1 aromatic rings. The van der Waals surface area contributed by atoms with E-state index in [1.807, 2.05) is 37.3 Å². The maximum absolute atomic E-state index is 11.7. The first-order valence-corrected chi connectivity index (χ1v) is 7.44. The normalized spacial score (nSPS) is 18.9. The van der Waals surface area contributed by atoms with Crippen LogP contribution in [0.1, 0.15) is 12.8 Å². The van der Waals surface area contributed by atoms with Gasteiger partial charge >= 0.3 is 0 Å². The molecule has 1 aromatic heterocycles. The highest BCUT2D eigenvalue weighted by Crippen LogP contribution is 2.29. The highest BCUT2D eigenvalue weighted by molar-refractivity contribution is 5.95. The summed E-state index contributed by atoms with van der Waals surface area (Å²) in [5, 5.41) is 0. The van der Waals surface area contributed by atoms with Crippen molar-refractivity contribution in [1.29, 1.82) is 0 Å². The fraction of sp³-hybridized carbons (Fsp3) is 0.500. The molecule has 0 saturated carbocycles. The van der Waals surface area contributed by atoms with E-state index in [9.17, 15) is 4.79 Å². The van der Waals surface area contributed by atoms with Gasteiger partial charge in [-0.25, -0.2) is 4.98 Å². The van der Waals surface area contributed by atoms with E-state index in [0.717, 1.165) is 37.6 Å². The summed E-state index contributed by atoms with van der Waals surface area (Å²) < 4.78 is 0. The molecular formula is C16H22N4O. The number of aromatic nitrogens is 1. The SMILES string of the molecule is C=C(C1CN(c2ccc(N3CCCC3=O)cn2)C1)N(C)C. The van der Waals surface area contributed by atoms with Gasteiger partial charge in [0.15, 0.2) is 0 Å². The molecule has 2 saturated heterocycles. The Labute approximate surface area is 125 Å². The van der Waals surface area contributed by atoms with E-state index in [4.69, 9.17) is 0 Å². The van der Waals surface area contributed by atoms with E-state index in [2.05, 4.69) is 21.4 Å². The van der Waals surface area contributed by atoms with Gasteiger partial charge in [0.1, 0.15) is 5.82 Å². The smallest absolute Gasteiger partial charge is 0.227 e. The van der Waals surface area contributed by atoms with E-state index in [0.29, 0.717) is 12.3 Å². The largest absolute Gasteiger partial charge is 0.381 e. The number of hydrogen-bond donors (Lipinski definition) is 0. The van der Waals surface area contributed by atoms with Gasteiger partial charge in [0.2, 0.25) is 5.91 Å². The number of carbonyl (C=O) groups excluding carboxylic acids is 1. The van der Waals surface area contributed by atoms with Gasteiger partial charge < -0.3 is 14.7 Å². The van der Waals surface area contributed by atoms with Gasteiger partial charge in [0.05, 0.1) is 11.9 Å². The summed E-state index contributed by atoms with van der Waals surface area (Å²) >= 11 is 0. The van der Waals surface area contributed by atoms with Crippen LogP contribution in [0.2, 0.25) is 0 Å². The van der Waals surface area contributed by atoms with Gasteiger partial charge in [-0.15, -0.1) is 0 Å². The monoisotopic (exact) mass is 286 g/mol. The van der Waals surface area contributed by atoms with Gasteiger partial charge in [-0.05, 0) is 18.6 Å². The van der Waals surface area contributed by atoms with Gasteiger partial charge in [-0.1, -0.05) is 6.58 Å². The zero-order valence-electron chi connectivity index (χ0n) is 12.7. The first-order valence-electron chi connectivity index (χ1n) is 7.44. The molecule has 2 aliphatic rings. The van der Waals surface area contributed by atoms with E-state index in [1.54, 1.807) is 0 Å². The zero-order chi connectivity index (χ0) is 15.0. The third-order valence-corrected chi connectivity index (χ3v) is 4.37. The van der Waals surface area contributed by atoms with E-state index < -0.39 is 0 Å². The second-order valence-electron chi connectivity index (χ2n) is 6.01. The number of nitrogens with zero attached hydrogens (tertiary/aromatic N) is 4. The first-order chi connectivity index (χ1) is 10.1. The highest BCUT2D eigenvalue weighted by Gasteiger charge is 2.31. The topological polar surface area (TPSA) is 39.7 Å². The Morgan fingerprint density at radius 1 is 1.38 bits per heavy atom. The fourth-order valence-electron chi connectivity index (χ4n) is 2.89. The fourth-order valence-corrected chi connectivity index (χ4v) is 2.89. The average molecular weight is 286 g/mol. The van der Waals surface area contributed by atoms with Crippen LogP contribution in [0.5, 0.6) is 0 Å². The van der Waals surface area contributed by atoms with Crippen molar-refractivity contribution >= 4 is 17.4 Å². The molecule has 2 fully saturated rings. The van der Waals surface area contributed by atoms with Gasteiger partial charge in [0, 0.05) is 51.8 Å². The molecule has 3 heterocycles. The number of amides is 1. The van der Waals surface area contributed by atoms with Gasteiger partial charge in [0.25, 0.3) is 0 Å². The van der Waals surface area contributed by atoms with Crippen LogP contribution in [0.4, 0.5) is 11.5 Å². The number of carbonyl (C=O) groups is 1. The number of anilines is 2. The highest BCUT2D eigenvalue weighted by atomic mass is 16.2. The molecule has 0 N–H and O–H groups in total. The summed E-state index contributed by atoms with van der Waals surface area (Å²) in [6.45, 7) is 6.86. The molecule has 0 aromatic carbocycles. The summed E-state index contributed by atoms with van der Waals surface area (Å²) in [7, 11) is 4.07. The Balaban J connectivity index is 1.61. The van der Waals surface area contributed by atoms with Crippen molar-refractivity contribution < 1.29 is 4.79 Å². The number of hydrogen-bond acceptors (Lipinski definition) is 4. The third-order valence-electron chi connectivity index (χ3n) is 4.37. The Bertz CT molecular complexity index is 546. The molecule has 1 amide bonds. The van der Waals surface area contributed by atoms with Crippen LogP contribution >= 0.6 is 0 Å². The minimum absolute atomic E-state index is 0.204. The summed E-state index contributed by atoms with van der Waals surface area (Å²) in [5.74, 6) is 1.70. The maximum Gasteiger partial charge on any atom is 0.227 e. The molecule has 0 atom stereocenters. The molecule has 0 radical (unpaired) electrons. The lowest BCUT2D eigenvalue weighted by molar-refractivity contribution is -0.117. The summed E-state index contributed by atoms with van der Waals surface area (Å²) in [6, 6.07) is 4.01. The second-order valence-corrected chi connectivity index (χ2v) is 6.01. The second kappa shape index (κ2) is 5.39. The number of rotatable bonds is 4. The van der Waals surface area contributed by atoms with Crippen molar-refractivity contribution in [2.45, 2.75) is 12.8 Å². The maximum atomic E-state index is 11.7. The molecule has 2 aliphatic heterocycles. The van der Waals surface area contributed by atoms with Crippen molar-refractivity contribution in [3.05, 3.63) is 30.6 Å². The molecule has 0 unspecified atom stereocenters. The van der Waals surface area contributed by atoms with Gasteiger partial charge in [-0.3, -0.25) is 4.79 Å². The van der Waals surface area contributed by atoms with Crippen LogP contribution in [0.25, 0.3) is 0 Å². The quantitative estimate of drug-likeness (QED) is 0.845. The standard InChI is InChI=1S/C16H22N4O/c1-12(18(2)3)13-10-19(11-13)15-7-6-14(9-17-15)20-8-4-5-16(20)21/h6-7,9,13H,1,4-5,8,10-11H2,2-3H3. The summed E-state index contributed by atoms with van der Waals surface area (Å²) in [6.07, 6.45) is 3.41. The Morgan fingerprint density at radius 3 is 2.67 bits per heavy atom. The van der Waals surface area contributed by atoms with Crippen LogP contribution in [0.15, 0.2) is 30.6 Å². The molecule has 5 heteroatoms. The van der Waals surface area contributed by atoms with E-state index in [1.165, 1.54) is 5.70 Å². The summed E-state index contributed by atoms with van der Waals surface area (Å²) in [5.41, 5.74) is 2.08. The van der Waals surface area contributed by atoms with Crippen LogP contribution in [0.3, 0.4) is 0 Å². The summed E-state index contributed by atoms with van der Waals surface area (Å²) in [4.78, 5) is 22.4. The number of pyridine rings is 1. The zero-order valence-corrected chi connectivity index (χ0v) is 12.7. The molecule has 0 bridgehead atoms. The van der Waals surface area contributed by atoms with Crippen LogP contribution in [-0.4, -0.2) is 49.5 Å². The van der Waals surface area contributed by atoms with Crippen molar-refractivity contribution in [3.8, 4) is 0 Å². The first kappa shape index (κ1) is 13.9. The molecule has 112 valence electrons. The average Bonchev–Trinajstić information content (AvgIpc) is 2.84. The minimum atomic E-state index is 0.204. The van der Waals surface area contributed by atoms with Crippen LogP contribution in [-0.2, 0) is 4.79 Å². The lowest BCUT2D eigenvalue weighted by Gasteiger charge is -2.42. The van der Waals surface area contributed by atoms with Crippen molar-refractivity contribution in [2.24, 2.45) is 5.92 Å². The minimum Gasteiger partial charge on any atom is -0.381 e. The molecule has 0 aliphatic carbocycles. The molecule has 3 rings (SSSR count). The Hall–Kier alpha value is -2.04. The van der Waals surface area contributed by atoms with Gasteiger partial charge in [-0.2, -0.15) is 0 Å². The molecule has 21 heavy (non-hydrogen) atoms. The van der Waals surface area contributed by atoms with Crippen molar-refractivity contribution in [2.75, 3.05) is 43.5 Å².